The molecule has 0 bridgehead atoms. The zero-order valence-electron chi connectivity index (χ0n) is 5.25. The minimum Gasteiger partial charge on any atom is -0.208 e. The Balaban J connectivity index is 4.17. The maximum atomic E-state index is 12.2. The van der Waals surface area contributed by atoms with E-state index in [1.165, 1.54) is 6.92 Å². The summed E-state index contributed by atoms with van der Waals surface area (Å²) >= 11 is 0. The van der Waals surface area contributed by atoms with Crippen LogP contribution >= 0.6 is 0 Å². The predicted octanol–water partition coefficient (Wildman–Crippen LogP) is 2.90. The topological polar surface area (TPSA) is 0 Å². The molecule has 0 aromatic carbocycles. The quantitative estimate of drug-likeness (QED) is 0.504. The second-order valence-electron chi connectivity index (χ2n) is 1.72. The summed E-state index contributed by atoms with van der Waals surface area (Å²) in [7, 11) is 0. The molecule has 50 valence electrons. The van der Waals surface area contributed by atoms with Crippen molar-refractivity contribution in [2.45, 2.75) is 6.92 Å². The van der Waals surface area contributed by atoms with E-state index in [0.29, 0.717) is 6.08 Å². The molecule has 0 N–H and O–H groups in total. The number of halogens is 2. The zero-order valence-corrected chi connectivity index (χ0v) is 5.25. The summed E-state index contributed by atoms with van der Waals surface area (Å²) in [6.07, 6.45) is 0.697. The predicted molar refractivity (Wildman–Crippen MR) is 34.3 cm³/mol. The Hall–Kier alpha value is -0.920. The van der Waals surface area contributed by atoms with Crippen molar-refractivity contribution in [3.8, 4) is 0 Å². The highest BCUT2D eigenvalue weighted by molar-refractivity contribution is 5.25. The zero-order chi connectivity index (χ0) is 7.44. The molecule has 0 saturated carbocycles. The maximum Gasteiger partial charge on any atom is 0.128 e. The van der Waals surface area contributed by atoms with Crippen molar-refractivity contribution in [1.29, 1.82) is 0 Å². The second kappa shape index (κ2) is 3.17. The molecule has 0 aliphatic carbocycles. The van der Waals surface area contributed by atoms with Gasteiger partial charge in [0.05, 0.1) is 0 Å². The van der Waals surface area contributed by atoms with Crippen LogP contribution in [0.5, 0.6) is 0 Å². The molecular weight excluding hydrogens is 122 g/mol. The third-order valence-electron chi connectivity index (χ3n) is 0.691. The molecule has 0 fully saturated rings. The van der Waals surface area contributed by atoms with Gasteiger partial charge < -0.3 is 0 Å². The Bertz CT molecular complexity index is 166. The molecule has 0 rings (SSSR count). The van der Waals surface area contributed by atoms with Gasteiger partial charge in [-0.25, -0.2) is 8.78 Å². The van der Waals surface area contributed by atoms with E-state index in [0.717, 1.165) is 0 Å². The van der Waals surface area contributed by atoms with Crippen LogP contribution in [0.4, 0.5) is 8.78 Å². The van der Waals surface area contributed by atoms with Crippen LogP contribution in [0.15, 0.2) is 36.5 Å². The van der Waals surface area contributed by atoms with Crippen molar-refractivity contribution in [3.63, 3.8) is 0 Å². The van der Waals surface area contributed by atoms with Crippen LogP contribution in [0.1, 0.15) is 6.92 Å². The largest absolute Gasteiger partial charge is 0.208 e. The average Bonchev–Trinajstić information content (AvgIpc) is 1.63. The van der Waals surface area contributed by atoms with Gasteiger partial charge in [0, 0.05) is 6.08 Å². The van der Waals surface area contributed by atoms with Gasteiger partial charge >= 0.3 is 0 Å². The molecule has 0 spiro atoms. The van der Waals surface area contributed by atoms with Crippen LogP contribution < -0.4 is 0 Å². The highest BCUT2D eigenvalue weighted by Gasteiger charge is 1.93. The summed E-state index contributed by atoms with van der Waals surface area (Å²) in [5.41, 5.74) is 0.203. The molecule has 0 saturated heterocycles. The second-order valence-corrected chi connectivity index (χ2v) is 1.72. The summed E-state index contributed by atoms with van der Waals surface area (Å²) in [5.74, 6) is -1.46. The lowest BCUT2D eigenvalue weighted by Crippen LogP contribution is -1.73. The van der Waals surface area contributed by atoms with Gasteiger partial charge in [-0.1, -0.05) is 13.2 Å². The van der Waals surface area contributed by atoms with Crippen molar-refractivity contribution in [1.82, 2.24) is 0 Å². The lowest BCUT2D eigenvalue weighted by molar-refractivity contribution is 0.624. The Kier molecular flexibility index (Phi) is 2.85. The van der Waals surface area contributed by atoms with Gasteiger partial charge in [0.25, 0.3) is 0 Å². The molecule has 0 aliphatic heterocycles. The first kappa shape index (κ1) is 8.08. The van der Waals surface area contributed by atoms with E-state index in [9.17, 15) is 8.78 Å². The first-order valence-electron chi connectivity index (χ1n) is 2.41. The first-order valence-corrected chi connectivity index (χ1v) is 2.41. The lowest BCUT2D eigenvalue weighted by atomic mass is 10.3. The Labute approximate surface area is 53.2 Å². The van der Waals surface area contributed by atoms with Gasteiger partial charge in [-0.3, -0.25) is 0 Å². The van der Waals surface area contributed by atoms with E-state index in [2.05, 4.69) is 13.2 Å². The lowest BCUT2D eigenvalue weighted by Gasteiger charge is -1.89. The number of hydrogen-bond donors (Lipinski definition) is 0. The van der Waals surface area contributed by atoms with Gasteiger partial charge in [0.2, 0.25) is 0 Å². The minimum atomic E-state index is -0.796. The van der Waals surface area contributed by atoms with E-state index >= 15 is 0 Å². The monoisotopic (exact) mass is 130 g/mol. The Morgan fingerprint density at radius 2 is 1.78 bits per heavy atom. The van der Waals surface area contributed by atoms with Gasteiger partial charge in [-0.15, -0.1) is 0 Å². The van der Waals surface area contributed by atoms with Crippen molar-refractivity contribution in [3.05, 3.63) is 36.5 Å². The van der Waals surface area contributed by atoms with Gasteiger partial charge in [0.15, 0.2) is 0 Å². The van der Waals surface area contributed by atoms with Crippen molar-refractivity contribution >= 4 is 0 Å². The molecule has 2 heteroatoms. The minimum absolute atomic E-state index is 0.203. The summed E-state index contributed by atoms with van der Waals surface area (Å²) in [4.78, 5) is 0. The van der Waals surface area contributed by atoms with Crippen LogP contribution in [-0.4, -0.2) is 0 Å². The van der Waals surface area contributed by atoms with E-state index in [1.54, 1.807) is 0 Å². The molecule has 9 heavy (non-hydrogen) atoms. The molecule has 0 unspecified atom stereocenters. The summed E-state index contributed by atoms with van der Waals surface area (Å²) in [5, 5.41) is 0. The van der Waals surface area contributed by atoms with E-state index in [1.807, 2.05) is 0 Å². The summed E-state index contributed by atoms with van der Waals surface area (Å²) in [6, 6.07) is 0. The molecule has 0 nitrogen and oxygen atoms in total. The van der Waals surface area contributed by atoms with Gasteiger partial charge in [-0.2, -0.15) is 0 Å². The molecule has 0 aromatic heterocycles. The van der Waals surface area contributed by atoms with Gasteiger partial charge in [-0.05, 0) is 12.5 Å². The SMILES string of the molecule is C=C(F)/C=C(/F)C(=C)C. The Morgan fingerprint density at radius 3 is 1.89 bits per heavy atom. The summed E-state index contributed by atoms with van der Waals surface area (Å²) in [6.45, 7) is 7.56. The molecule has 0 amide bonds. The van der Waals surface area contributed by atoms with Crippen LogP contribution in [0.2, 0.25) is 0 Å². The van der Waals surface area contributed by atoms with Crippen molar-refractivity contribution < 1.29 is 8.78 Å². The molecule has 0 heterocycles. The smallest absolute Gasteiger partial charge is 0.128 e. The molecule has 0 atom stereocenters. The van der Waals surface area contributed by atoms with Gasteiger partial charge in [0.1, 0.15) is 11.7 Å². The van der Waals surface area contributed by atoms with Crippen LogP contribution in [0.25, 0.3) is 0 Å². The molecule has 0 radical (unpaired) electrons. The fourth-order valence-corrected chi connectivity index (χ4v) is 0.261. The number of hydrogen-bond acceptors (Lipinski definition) is 0. The molecule has 0 aliphatic rings. The van der Waals surface area contributed by atoms with Crippen LogP contribution in [0.3, 0.4) is 0 Å². The molecule has 0 aromatic rings. The molecular formula is C7H8F2. The third kappa shape index (κ3) is 3.64. The normalized spacial score (nSPS) is 11.2. The highest BCUT2D eigenvalue weighted by atomic mass is 19.1. The number of rotatable bonds is 2. The number of allylic oxidation sites excluding steroid dienone is 4. The van der Waals surface area contributed by atoms with E-state index < -0.39 is 11.7 Å². The van der Waals surface area contributed by atoms with Crippen molar-refractivity contribution in [2.75, 3.05) is 0 Å². The first-order chi connectivity index (χ1) is 4.04. The fourth-order valence-electron chi connectivity index (χ4n) is 0.261. The maximum absolute atomic E-state index is 12.2. The van der Waals surface area contributed by atoms with E-state index in [-0.39, 0.29) is 5.57 Å². The van der Waals surface area contributed by atoms with Crippen LogP contribution in [0, 0.1) is 0 Å². The van der Waals surface area contributed by atoms with Crippen LogP contribution in [-0.2, 0) is 0 Å². The Morgan fingerprint density at radius 1 is 1.33 bits per heavy atom. The van der Waals surface area contributed by atoms with Crippen molar-refractivity contribution in [2.24, 2.45) is 0 Å². The average molecular weight is 130 g/mol. The fraction of sp³-hybridized carbons (Fsp3) is 0.143. The summed E-state index contributed by atoms with van der Waals surface area (Å²) < 4.78 is 24.0. The standard InChI is InChI=1S/C7H8F2/c1-5(2)7(9)4-6(3)8/h4H,1,3H2,2H3/b7-4+. The highest BCUT2D eigenvalue weighted by Crippen LogP contribution is 2.10. The third-order valence-corrected chi connectivity index (χ3v) is 0.691. The van der Waals surface area contributed by atoms with E-state index in [4.69, 9.17) is 0 Å².